The quantitative estimate of drug-likeness (QED) is 0.853. The molecule has 18 heavy (non-hydrogen) atoms. The Labute approximate surface area is 103 Å². The van der Waals surface area contributed by atoms with Gasteiger partial charge in [-0.25, -0.2) is 0 Å². The molecule has 0 fully saturated rings. The first-order valence-corrected chi connectivity index (χ1v) is 5.40. The second-order valence-electron chi connectivity index (χ2n) is 3.59. The number of carbonyl (C=O) groups excluding carboxylic acids is 1. The molecular weight excluding hydrogens is 232 g/mol. The van der Waals surface area contributed by atoms with Crippen molar-refractivity contribution < 1.29 is 9.53 Å². The number of para-hydroxylation sites is 1. The van der Waals surface area contributed by atoms with Crippen molar-refractivity contribution in [1.82, 2.24) is 4.98 Å². The summed E-state index contributed by atoms with van der Waals surface area (Å²) in [6.07, 6.45) is 1.43. The van der Waals surface area contributed by atoms with E-state index in [4.69, 9.17) is 4.74 Å². The molecule has 5 heteroatoms. The van der Waals surface area contributed by atoms with Crippen LogP contribution in [-0.2, 0) is 4.79 Å². The van der Waals surface area contributed by atoms with E-state index in [1.807, 2.05) is 18.2 Å². The maximum Gasteiger partial charge on any atom is 0.262 e. The van der Waals surface area contributed by atoms with Crippen LogP contribution in [0.15, 0.2) is 53.5 Å². The van der Waals surface area contributed by atoms with Crippen molar-refractivity contribution in [2.75, 3.05) is 11.9 Å². The van der Waals surface area contributed by atoms with Gasteiger partial charge in [0.15, 0.2) is 6.61 Å². The van der Waals surface area contributed by atoms with Crippen LogP contribution in [0.2, 0.25) is 0 Å². The Hall–Kier alpha value is -2.56. The van der Waals surface area contributed by atoms with Crippen molar-refractivity contribution >= 4 is 11.6 Å². The molecule has 0 aliphatic heterocycles. The molecular formula is C13H12N2O3. The van der Waals surface area contributed by atoms with E-state index in [1.165, 1.54) is 18.3 Å². The van der Waals surface area contributed by atoms with E-state index in [2.05, 4.69) is 10.3 Å². The van der Waals surface area contributed by atoms with Gasteiger partial charge in [0.05, 0.1) is 5.69 Å². The largest absolute Gasteiger partial charge is 0.484 e. The lowest BCUT2D eigenvalue weighted by Crippen LogP contribution is -2.20. The summed E-state index contributed by atoms with van der Waals surface area (Å²) >= 11 is 0. The number of H-pyrrole nitrogens is 1. The van der Waals surface area contributed by atoms with Crippen LogP contribution < -0.4 is 15.6 Å². The fourth-order valence-electron chi connectivity index (χ4n) is 1.35. The number of nitrogens with one attached hydrogen (secondary N) is 2. The highest BCUT2D eigenvalue weighted by molar-refractivity contribution is 5.91. The first-order valence-electron chi connectivity index (χ1n) is 5.40. The van der Waals surface area contributed by atoms with Crippen molar-refractivity contribution in [2.45, 2.75) is 0 Å². The molecule has 2 N–H and O–H groups in total. The zero-order valence-electron chi connectivity index (χ0n) is 9.55. The van der Waals surface area contributed by atoms with Gasteiger partial charge in [0, 0.05) is 12.3 Å². The van der Waals surface area contributed by atoms with Gasteiger partial charge < -0.3 is 15.0 Å². The Morgan fingerprint density at radius 3 is 2.61 bits per heavy atom. The third-order valence-electron chi connectivity index (χ3n) is 2.18. The molecule has 0 spiro atoms. The van der Waals surface area contributed by atoms with Gasteiger partial charge in [-0.2, -0.15) is 0 Å². The number of ether oxygens (including phenoxy) is 1. The van der Waals surface area contributed by atoms with Gasteiger partial charge >= 0.3 is 0 Å². The molecule has 2 aromatic rings. The number of aromatic nitrogens is 1. The van der Waals surface area contributed by atoms with E-state index in [0.717, 1.165) is 0 Å². The van der Waals surface area contributed by atoms with Crippen LogP contribution in [0, 0.1) is 0 Å². The van der Waals surface area contributed by atoms with Crippen LogP contribution in [0.1, 0.15) is 0 Å². The summed E-state index contributed by atoms with van der Waals surface area (Å²) in [5.41, 5.74) is 0.310. The zero-order valence-corrected chi connectivity index (χ0v) is 9.55. The molecule has 0 bridgehead atoms. The smallest absolute Gasteiger partial charge is 0.262 e. The third kappa shape index (κ3) is 3.48. The van der Waals surface area contributed by atoms with Crippen molar-refractivity contribution in [3.63, 3.8) is 0 Å². The van der Waals surface area contributed by atoms with E-state index in [0.29, 0.717) is 11.4 Å². The number of pyridine rings is 1. The van der Waals surface area contributed by atoms with Gasteiger partial charge in [0.2, 0.25) is 5.56 Å². The SMILES string of the molecule is O=C(COc1ccccc1)Nc1ccc(=O)[nH]c1. The average Bonchev–Trinajstić information content (AvgIpc) is 2.40. The summed E-state index contributed by atoms with van der Waals surface area (Å²) in [4.78, 5) is 24.8. The van der Waals surface area contributed by atoms with Crippen molar-refractivity contribution in [1.29, 1.82) is 0 Å². The molecule has 0 atom stereocenters. The monoisotopic (exact) mass is 244 g/mol. The molecule has 5 nitrogen and oxygen atoms in total. The topological polar surface area (TPSA) is 71.2 Å². The number of aromatic amines is 1. The molecule has 0 saturated heterocycles. The maximum absolute atomic E-state index is 11.5. The van der Waals surface area contributed by atoms with Crippen LogP contribution >= 0.6 is 0 Å². The van der Waals surface area contributed by atoms with E-state index >= 15 is 0 Å². The summed E-state index contributed by atoms with van der Waals surface area (Å²) in [5, 5.41) is 2.61. The number of hydrogen-bond donors (Lipinski definition) is 2. The summed E-state index contributed by atoms with van der Waals surface area (Å²) in [7, 11) is 0. The number of carbonyl (C=O) groups is 1. The summed E-state index contributed by atoms with van der Waals surface area (Å²) in [6.45, 7) is -0.0802. The highest BCUT2D eigenvalue weighted by atomic mass is 16.5. The Balaban J connectivity index is 1.86. The Morgan fingerprint density at radius 1 is 1.17 bits per heavy atom. The Bertz CT molecular complexity index is 558. The van der Waals surface area contributed by atoms with Crippen LogP contribution in [-0.4, -0.2) is 17.5 Å². The standard InChI is InChI=1S/C13H12N2O3/c16-12-7-6-10(8-14-12)15-13(17)9-18-11-4-2-1-3-5-11/h1-8H,9H2,(H,14,16)(H,15,17). The molecule has 1 aromatic heterocycles. The van der Waals surface area contributed by atoms with Gasteiger partial charge in [-0.05, 0) is 18.2 Å². The normalized spacial score (nSPS) is 9.78. The second kappa shape index (κ2) is 5.67. The lowest BCUT2D eigenvalue weighted by molar-refractivity contribution is -0.118. The molecule has 0 unspecified atom stereocenters. The molecule has 0 radical (unpaired) electrons. The molecule has 0 aliphatic carbocycles. The summed E-state index contributed by atoms with van der Waals surface area (Å²) in [6, 6.07) is 11.9. The predicted octanol–water partition coefficient (Wildman–Crippen LogP) is 1.39. The van der Waals surface area contributed by atoms with Crippen molar-refractivity contribution in [3.05, 3.63) is 59.0 Å². The minimum Gasteiger partial charge on any atom is -0.484 e. The fourth-order valence-corrected chi connectivity index (χ4v) is 1.35. The number of amides is 1. The van der Waals surface area contributed by atoms with Crippen LogP contribution in [0.5, 0.6) is 5.75 Å². The minimum atomic E-state index is -0.286. The number of hydrogen-bond acceptors (Lipinski definition) is 3. The van der Waals surface area contributed by atoms with E-state index in [1.54, 1.807) is 12.1 Å². The van der Waals surface area contributed by atoms with Crippen molar-refractivity contribution in [2.24, 2.45) is 0 Å². The minimum absolute atomic E-state index is 0.0802. The van der Waals surface area contributed by atoms with Crippen LogP contribution in [0.3, 0.4) is 0 Å². The zero-order chi connectivity index (χ0) is 12.8. The van der Waals surface area contributed by atoms with Gasteiger partial charge in [0.1, 0.15) is 5.75 Å². The third-order valence-corrected chi connectivity index (χ3v) is 2.18. The predicted molar refractivity (Wildman–Crippen MR) is 67.6 cm³/mol. The van der Waals surface area contributed by atoms with E-state index in [-0.39, 0.29) is 18.1 Å². The Kier molecular flexibility index (Phi) is 3.76. The first-order chi connectivity index (χ1) is 8.74. The molecule has 1 amide bonds. The van der Waals surface area contributed by atoms with Gasteiger partial charge in [-0.1, -0.05) is 18.2 Å². The molecule has 1 heterocycles. The summed E-state index contributed by atoms with van der Waals surface area (Å²) in [5.74, 6) is 0.347. The highest BCUT2D eigenvalue weighted by Crippen LogP contribution is 2.08. The van der Waals surface area contributed by atoms with E-state index in [9.17, 15) is 9.59 Å². The Morgan fingerprint density at radius 2 is 1.94 bits per heavy atom. The maximum atomic E-state index is 11.5. The van der Waals surface area contributed by atoms with Gasteiger partial charge in [-0.15, -0.1) is 0 Å². The average molecular weight is 244 g/mol. The van der Waals surface area contributed by atoms with Crippen LogP contribution in [0.25, 0.3) is 0 Å². The fraction of sp³-hybridized carbons (Fsp3) is 0.0769. The number of anilines is 1. The molecule has 2 rings (SSSR count). The number of benzene rings is 1. The van der Waals surface area contributed by atoms with Crippen molar-refractivity contribution in [3.8, 4) is 5.75 Å². The molecule has 0 aliphatic rings. The van der Waals surface area contributed by atoms with Gasteiger partial charge in [0.25, 0.3) is 5.91 Å². The number of rotatable bonds is 4. The summed E-state index contributed by atoms with van der Waals surface area (Å²) < 4.78 is 5.28. The highest BCUT2D eigenvalue weighted by Gasteiger charge is 2.03. The second-order valence-corrected chi connectivity index (χ2v) is 3.59. The lowest BCUT2D eigenvalue weighted by Gasteiger charge is -2.06. The van der Waals surface area contributed by atoms with Crippen LogP contribution in [0.4, 0.5) is 5.69 Å². The van der Waals surface area contributed by atoms with Gasteiger partial charge in [-0.3, -0.25) is 9.59 Å². The molecule has 92 valence electrons. The lowest BCUT2D eigenvalue weighted by atomic mass is 10.3. The molecule has 1 aromatic carbocycles. The molecule has 0 saturated carbocycles. The van der Waals surface area contributed by atoms with E-state index < -0.39 is 0 Å². The first kappa shape index (κ1) is 11.9.